The molecule has 0 spiro atoms. The lowest BCUT2D eigenvalue weighted by atomic mass is 9.97. The van der Waals surface area contributed by atoms with Crippen LogP contribution in [0, 0.1) is 25.2 Å². The average Bonchev–Trinajstić information content (AvgIpc) is 3.11. The topological polar surface area (TPSA) is 79.5 Å². The van der Waals surface area contributed by atoms with Crippen molar-refractivity contribution < 1.29 is 12.7 Å². The number of allylic oxidation sites excluding steroid dienone is 2. The summed E-state index contributed by atoms with van der Waals surface area (Å²) in [7, 11) is -4.03. The summed E-state index contributed by atoms with van der Waals surface area (Å²) in [6.07, 6.45) is 1.73. The van der Waals surface area contributed by atoms with Crippen LogP contribution in [-0.4, -0.2) is 13.5 Å². The van der Waals surface area contributed by atoms with E-state index in [2.05, 4.69) is 11.2 Å². The van der Waals surface area contributed by atoms with Gasteiger partial charge in [-0.1, -0.05) is 58.9 Å². The Labute approximate surface area is 162 Å². The Balaban J connectivity index is 1.96. The standard InChI is InChI=1S/C20H16N2O3S2/c1-14-7-9-16(10-8-14)27(23,24)25-22-20-18(11-12-26-20)19(13-21)17-6-4-3-5-15(17)2/h3-12H,1-2H3. The molecule has 1 heterocycles. The number of aryl methyl sites for hydroxylation is 2. The molecule has 0 radical (unpaired) electrons. The number of thioether (sulfide) groups is 1. The number of nitrogens with zero attached hydrogens (tertiary/aromatic N) is 2. The molecule has 0 atom stereocenters. The summed E-state index contributed by atoms with van der Waals surface area (Å²) in [6, 6.07) is 16.0. The zero-order valence-electron chi connectivity index (χ0n) is 14.7. The molecule has 5 nitrogen and oxygen atoms in total. The molecule has 0 unspecified atom stereocenters. The van der Waals surface area contributed by atoms with Crippen LogP contribution in [-0.2, 0) is 14.4 Å². The van der Waals surface area contributed by atoms with Gasteiger partial charge in [-0.25, -0.2) is 0 Å². The van der Waals surface area contributed by atoms with Gasteiger partial charge in [0.1, 0.15) is 16.0 Å². The molecular formula is C20H16N2O3S2. The van der Waals surface area contributed by atoms with Crippen LogP contribution in [0.2, 0.25) is 0 Å². The Hall–Kier alpha value is -2.82. The first-order valence-electron chi connectivity index (χ1n) is 8.04. The molecule has 7 heteroatoms. The fraction of sp³-hybridized carbons (Fsp3) is 0.100. The summed E-state index contributed by atoms with van der Waals surface area (Å²) >= 11 is 1.20. The van der Waals surface area contributed by atoms with Crippen LogP contribution in [0.15, 0.2) is 75.6 Å². The number of hydrogen-bond donors (Lipinski definition) is 0. The Bertz CT molecular complexity index is 1110. The third-order valence-corrected chi connectivity index (χ3v) is 5.88. The van der Waals surface area contributed by atoms with E-state index in [1.807, 2.05) is 38.1 Å². The number of benzene rings is 2. The van der Waals surface area contributed by atoms with Gasteiger partial charge >= 0.3 is 10.1 Å². The van der Waals surface area contributed by atoms with Gasteiger partial charge in [0.05, 0.1) is 5.57 Å². The molecule has 1 aliphatic rings. The van der Waals surface area contributed by atoms with Crippen LogP contribution in [0.3, 0.4) is 0 Å². The van der Waals surface area contributed by atoms with E-state index in [0.29, 0.717) is 16.2 Å². The molecule has 0 N–H and O–H groups in total. The SMILES string of the molecule is Cc1ccc(S(=O)(=O)ON=C2SC=CC2=C(C#N)c2ccccc2C)cc1. The van der Waals surface area contributed by atoms with Crippen LogP contribution in [0.25, 0.3) is 5.57 Å². The van der Waals surface area contributed by atoms with E-state index < -0.39 is 10.1 Å². The number of hydrogen-bond acceptors (Lipinski definition) is 6. The molecule has 3 rings (SSSR count). The highest BCUT2D eigenvalue weighted by molar-refractivity contribution is 8.17. The molecule has 0 aromatic heterocycles. The van der Waals surface area contributed by atoms with Crippen molar-refractivity contribution in [2.24, 2.45) is 5.16 Å². The molecule has 0 saturated heterocycles. The Morgan fingerprint density at radius 3 is 2.48 bits per heavy atom. The maximum Gasteiger partial charge on any atom is 0.358 e. The largest absolute Gasteiger partial charge is 0.358 e. The van der Waals surface area contributed by atoms with Gasteiger partial charge in [-0.2, -0.15) is 13.7 Å². The summed E-state index contributed by atoms with van der Waals surface area (Å²) < 4.78 is 29.5. The molecule has 0 fully saturated rings. The van der Waals surface area contributed by atoms with Gasteiger partial charge in [-0.15, -0.1) is 0 Å². The Kier molecular flexibility index (Phi) is 5.49. The monoisotopic (exact) mass is 396 g/mol. The molecule has 0 aliphatic carbocycles. The summed E-state index contributed by atoms with van der Waals surface area (Å²) in [5, 5.41) is 15.5. The van der Waals surface area contributed by atoms with Crippen molar-refractivity contribution in [1.29, 1.82) is 5.26 Å². The van der Waals surface area contributed by atoms with Crippen molar-refractivity contribution in [2.45, 2.75) is 18.7 Å². The first-order valence-corrected chi connectivity index (χ1v) is 10.3. The molecule has 2 aromatic rings. The van der Waals surface area contributed by atoms with Crippen molar-refractivity contribution >= 4 is 32.5 Å². The highest BCUT2D eigenvalue weighted by Crippen LogP contribution is 2.32. The highest BCUT2D eigenvalue weighted by atomic mass is 32.2. The minimum absolute atomic E-state index is 0.0262. The molecule has 1 aliphatic heterocycles. The second-order valence-electron chi connectivity index (χ2n) is 5.87. The molecule has 2 aromatic carbocycles. The second-order valence-corrected chi connectivity index (χ2v) is 8.30. The lowest BCUT2D eigenvalue weighted by molar-refractivity contribution is 0.340. The van der Waals surface area contributed by atoms with E-state index >= 15 is 0 Å². The zero-order chi connectivity index (χ0) is 19.4. The van der Waals surface area contributed by atoms with Gasteiger partial charge in [-0.3, -0.25) is 4.28 Å². The van der Waals surface area contributed by atoms with Crippen molar-refractivity contribution in [1.82, 2.24) is 0 Å². The quantitative estimate of drug-likeness (QED) is 0.559. The van der Waals surface area contributed by atoms with E-state index in [1.165, 1.54) is 23.9 Å². The molecule has 0 bridgehead atoms. The lowest BCUT2D eigenvalue weighted by Gasteiger charge is -2.07. The van der Waals surface area contributed by atoms with Crippen LogP contribution in [0.4, 0.5) is 0 Å². The van der Waals surface area contributed by atoms with E-state index in [0.717, 1.165) is 16.7 Å². The number of nitriles is 1. The highest BCUT2D eigenvalue weighted by Gasteiger charge is 2.21. The Morgan fingerprint density at radius 2 is 1.81 bits per heavy atom. The van der Waals surface area contributed by atoms with Crippen molar-refractivity contribution in [2.75, 3.05) is 0 Å². The van der Waals surface area contributed by atoms with E-state index in [1.54, 1.807) is 23.6 Å². The number of oxime groups is 1. The summed E-state index contributed by atoms with van der Waals surface area (Å²) in [4.78, 5) is 0.0262. The van der Waals surface area contributed by atoms with Gasteiger partial charge < -0.3 is 0 Å². The molecular weight excluding hydrogens is 380 g/mol. The summed E-state index contributed by atoms with van der Waals surface area (Å²) in [5.74, 6) is 0. The second kappa shape index (κ2) is 7.82. The van der Waals surface area contributed by atoms with Crippen molar-refractivity contribution in [3.05, 3.63) is 82.3 Å². The normalized spacial score (nSPS) is 17.0. The van der Waals surface area contributed by atoms with E-state index in [9.17, 15) is 13.7 Å². The number of rotatable bonds is 4. The van der Waals surface area contributed by atoms with Crippen LogP contribution < -0.4 is 0 Å². The first-order chi connectivity index (χ1) is 12.9. The fourth-order valence-corrected chi connectivity index (χ4v) is 4.00. The first kappa shape index (κ1) is 19.0. The average molecular weight is 396 g/mol. The van der Waals surface area contributed by atoms with Crippen molar-refractivity contribution in [3.8, 4) is 6.07 Å². The van der Waals surface area contributed by atoms with Gasteiger partial charge in [0.15, 0.2) is 0 Å². The van der Waals surface area contributed by atoms with E-state index in [-0.39, 0.29) is 4.90 Å². The van der Waals surface area contributed by atoms with E-state index in [4.69, 9.17) is 4.28 Å². The lowest BCUT2D eigenvalue weighted by Crippen LogP contribution is -2.05. The summed E-state index contributed by atoms with van der Waals surface area (Å²) in [5.41, 5.74) is 3.62. The maximum absolute atomic E-state index is 12.3. The minimum atomic E-state index is -4.03. The van der Waals surface area contributed by atoms with Gasteiger partial charge in [-0.05, 0) is 48.6 Å². The van der Waals surface area contributed by atoms with Crippen molar-refractivity contribution in [3.63, 3.8) is 0 Å². The fourth-order valence-electron chi connectivity index (χ4n) is 2.51. The van der Waals surface area contributed by atoms with Crippen LogP contribution in [0.5, 0.6) is 0 Å². The van der Waals surface area contributed by atoms with Crippen LogP contribution >= 0.6 is 11.8 Å². The minimum Gasteiger partial charge on any atom is -0.264 e. The zero-order valence-corrected chi connectivity index (χ0v) is 16.3. The predicted molar refractivity (Wildman–Crippen MR) is 107 cm³/mol. The molecule has 136 valence electrons. The van der Waals surface area contributed by atoms with Crippen LogP contribution in [0.1, 0.15) is 16.7 Å². The van der Waals surface area contributed by atoms with Gasteiger partial charge in [0.25, 0.3) is 0 Å². The molecule has 0 amide bonds. The summed E-state index contributed by atoms with van der Waals surface area (Å²) in [6.45, 7) is 3.78. The third-order valence-electron chi connectivity index (χ3n) is 3.97. The maximum atomic E-state index is 12.3. The van der Waals surface area contributed by atoms with Gasteiger partial charge in [0.2, 0.25) is 0 Å². The Morgan fingerprint density at radius 1 is 1.11 bits per heavy atom. The van der Waals surface area contributed by atoms with Gasteiger partial charge in [0, 0.05) is 5.57 Å². The predicted octanol–water partition coefficient (Wildman–Crippen LogP) is 4.56. The molecule has 27 heavy (non-hydrogen) atoms. The molecule has 0 saturated carbocycles. The third kappa shape index (κ3) is 4.13. The smallest absolute Gasteiger partial charge is 0.264 e.